The second kappa shape index (κ2) is 12.0. The molecule has 1 unspecified atom stereocenters. The summed E-state index contributed by atoms with van der Waals surface area (Å²) in [6, 6.07) is 0. The van der Waals surface area contributed by atoms with Crippen LogP contribution in [0.3, 0.4) is 0 Å². The topological polar surface area (TPSA) is 179 Å². The van der Waals surface area contributed by atoms with Crippen LogP contribution in [0.5, 0.6) is 0 Å². The van der Waals surface area contributed by atoms with Crippen LogP contribution in [0.25, 0.3) is 0 Å². The summed E-state index contributed by atoms with van der Waals surface area (Å²) in [6.45, 7) is -1.74. The zero-order valence-electron chi connectivity index (χ0n) is 18.0. The number of ether oxygens (including phenoxy) is 3. The molecule has 0 aromatic rings. The molecule has 2 heterocycles. The third-order valence-electron chi connectivity index (χ3n) is 4.15. The molecule has 0 radical (unpaired) electrons. The van der Waals surface area contributed by atoms with Crippen molar-refractivity contribution < 1.29 is 60.2 Å². The summed E-state index contributed by atoms with van der Waals surface area (Å²) in [6.07, 6.45) is -12.1. The van der Waals surface area contributed by atoms with Crippen molar-refractivity contribution in [1.82, 2.24) is 0 Å². The summed E-state index contributed by atoms with van der Waals surface area (Å²) in [4.78, 5) is 0. The van der Waals surface area contributed by atoms with Gasteiger partial charge in [-0.1, -0.05) is 0 Å². The van der Waals surface area contributed by atoms with Crippen LogP contribution < -0.4 is 0 Å². The smallest absolute Gasteiger partial charge is 1.00 e. The van der Waals surface area contributed by atoms with Gasteiger partial charge in [0.25, 0.3) is 0 Å². The molecule has 14 heteroatoms. The average Bonchev–Trinajstić information content (AvgIpc) is 2.82. The van der Waals surface area contributed by atoms with E-state index in [0.717, 1.165) is 0 Å². The molecule has 10 atom stereocenters. The van der Waals surface area contributed by atoms with Gasteiger partial charge in [-0.3, -0.25) is 0 Å². The van der Waals surface area contributed by atoms with E-state index in [1.54, 1.807) is 0 Å². The first-order valence-electron chi connectivity index (χ1n) is 7.26. The van der Waals surface area contributed by atoms with E-state index in [0.29, 0.717) is 0 Å². The Balaban J connectivity index is -0.000000347. The first-order chi connectivity index (χ1) is 11.3. The normalized spacial score (nSPS) is 45.7. The van der Waals surface area contributed by atoms with Crippen LogP contribution in [0.2, 0.25) is 0 Å². The molecule has 2 fully saturated rings. The van der Waals surface area contributed by atoms with E-state index in [1.165, 1.54) is 0 Å². The molecular weight excluding hydrogens is 415 g/mol. The zero-order valence-corrected chi connectivity index (χ0v) is 18.8. The van der Waals surface area contributed by atoms with E-state index in [2.05, 4.69) is 0 Å². The Labute approximate surface area is 203 Å². The van der Waals surface area contributed by atoms with Gasteiger partial charge in [0.1, 0.15) is 49.3 Å². The molecule has 7 N–H and O–H groups in total. The Morgan fingerprint density at radius 2 is 1.58 bits per heavy atom. The Morgan fingerprint density at radius 1 is 0.962 bits per heavy atom. The van der Waals surface area contributed by atoms with Gasteiger partial charge in [0.05, 0.1) is 13.2 Å². The van der Waals surface area contributed by atoms with Crippen molar-refractivity contribution in [3.05, 3.63) is 0 Å². The van der Waals surface area contributed by atoms with Crippen molar-refractivity contribution in [2.75, 3.05) is 19.8 Å². The van der Waals surface area contributed by atoms with Crippen molar-refractivity contribution >= 4 is 70.3 Å². The predicted octanol–water partition coefficient (Wildman–Crippen LogP) is -4.89. The summed E-state index contributed by atoms with van der Waals surface area (Å²) in [5.41, 5.74) is 0. The van der Waals surface area contributed by atoms with Crippen LogP contribution in [0.4, 0.5) is 0 Å². The van der Waals surface area contributed by atoms with Crippen molar-refractivity contribution in [2.45, 2.75) is 54.8 Å². The molecule has 0 saturated carbocycles. The minimum atomic E-state index is -2.19. The fourth-order valence-electron chi connectivity index (χ4n) is 2.71. The Morgan fingerprint density at radius 3 is 2.04 bits per heavy atom. The van der Waals surface area contributed by atoms with E-state index in [-0.39, 0.29) is 73.1 Å². The number of rotatable bonds is 6. The van der Waals surface area contributed by atoms with Gasteiger partial charge < -0.3 is 60.2 Å². The van der Waals surface area contributed by atoms with Crippen LogP contribution in [0.15, 0.2) is 0 Å². The maximum atomic E-state index is 10.1. The predicted molar refractivity (Wildman–Crippen MR) is 93.2 cm³/mol. The minimum Gasteiger partial charge on any atom is -1.00 e. The summed E-state index contributed by atoms with van der Waals surface area (Å²) in [5.74, 6) is -2.19. The second-order valence-corrected chi connectivity index (χ2v) is 6.04. The monoisotopic (exact) mass is 442 g/mol. The Hall–Kier alpha value is 2.02. The first kappa shape index (κ1) is 28.0. The Kier molecular flexibility index (Phi) is 12.9. The number of aliphatic hydroxyl groups is 7. The first-order valence-corrected chi connectivity index (χ1v) is 7.73. The maximum absolute atomic E-state index is 10.1. The van der Waals surface area contributed by atoms with Gasteiger partial charge in [-0.25, -0.2) is 0 Å². The molecule has 0 spiro atoms. The molecule has 11 nitrogen and oxygen atoms in total. The molecule has 150 valence electrons. The SMILES string of the molecule is OC[C@H]1O[C@@](CO)(O[C@H]2O[C@H](COP)[C@@H](O)[C@H](O)[C@H]2O)[C@@H](O)[C@@H]1O.[Ca+2].[H-].[H-].[H-].[H-].[Mg+2]. The third kappa shape index (κ3) is 5.58. The number of hydrogen-bond donors (Lipinski definition) is 7. The van der Waals surface area contributed by atoms with Crippen LogP contribution in [-0.4, -0.2) is 171 Å². The van der Waals surface area contributed by atoms with Gasteiger partial charge in [-0.05, 0) is 0 Å². The Bertz CT molecular complexity index is 444. The summed E-state index contributed by atoms with van der Waals surface area (Å²) >= 11 is 0. The molecule has 26 heavy (non-hydrogen) atoms. The van der Waals surface area contributed by atoms with Crippen LogP contribution in [0.1, 0.15) is 5.71 Å². The fraction of sp³-hybridized carbons (Fsp3) is 1.00. The van der Waals surface area contributed by atoms with Gasteiger partial charge in [0.15, 0.2) is 6.29 Å². The van der Waals surface area contributed by atoms with Crippen molar-refractivity contribution in [3.8, 4) is 0 Å². The van der Waals surface area contributed by atoms with Crippen molar-refractivity contribution in [3.63, 3.8) is 0 Å². The number of hydrogen-bond acceptors (Lipinski definition) is 11. The number of aliphatic hydroxyl groups excluding tert-OH is 7. The van der Waals surface area contributed by atoms with E-state index in [9.17, 15) is 30.6 Å². The quantitative estimate of drug-likeness (QED) is 0.155. The molecule has 0 aromatic carbocycles. The van der Waals surface area contributed by atoms with Crippen LogP contribution in [-0.2, 0) is 18.7 Å². The molecule has 2 rings (SSSR count). The van der Waals surface area contributed by atoms with Gasteiger partial charge in [0, 0.05) is 9.47 Å². The molecule has 2 saturated heterocycles. The van der Waals surface area contributed by atoms with Gasteiger partial charge >= 0.3 is 60.8 Å². The zero-order chi connectivity index (χ0) is 18.1. The maximum Gasteiger partial charge on any atom is 2.00 e. The summed E-state index contributed by atoms with van der Waals surface area (Å²) in [5, 5.41) is 68.3. The van der Waals surface area contributed by atoms with E-state index in [1.807, 2.05) is 9.47 Å². The molecule has 2 aliphatic heterocycles. The average molecular weight is 443 g/mol. The second-order valence-electron chi connectivity index (χ2n) is 5.71. The van der Waals surface area contributed by atoms with Crippen LogP contribution in [0, 0.1) is 0 Å². The third-order valence-corrected chi connectivity index (χ3v) is 4.34. The largest absolute Gasteiger partial charge is 2.00 e. The van der Waals surface area contributed by atoms with E-state index < -0.39 is 68.0 Å². The fourth-order valence-corrected chi connectivity index (χ4v) is 2.90. The van der Waals surface area contributed by atoms with Crippen molar-refractivity contribution in [2.24, 2.45) is 0 Å². The minimum absolute atomic E-state index is 0. The molecule has 0 aromatic heterocycles. The molecule has 0 amide bonds. The van der Waals surface area contributed by atoms with Crippen molar-refractivity contribution in [1.29, 1.82) is 0 Å². The van der Waals surface area contributed by atoms with Gasteiger partial charge in [-0.15, -0.1) is 0 Å². The molecule has 2 aliphatic rings. The summed E-state index contributed by atoms with van der Waals surface area (Å²) in [7, 11) is 1.93. The van der Waals surface area contributed by atoms with Crippen LogP contribution >= 0.6 is 9.47 Å². The molecule has 0 aliphatic carbocycles. The molecular formula is C12H27CaMgO11P. The van der Waals surface area contributed by atoms with Gasteiger partial charge in [0.2, 0.25) is 5.79 Å². The molecule has 0 bridgehead atoms. The van der Waals surface area contributed by atoms with E-state index in [4.69, 9.17) is 23.8 Å². The summed E-state index contributed by atoms with van der Waals surface area (Å²) < 4.78 is 20.6. The standard InChI is InChI=1S/C12H23O11P.Ca.Mg.4H/c13-1-4-7(16)10(19)12(3-14,22-4)23-11-9(18)8(17)6(15)5(21-11)2-20-24;;;;;;/h4-11,13-19H,1-3,24H2;;;;;;/q;2*+2;4*-1/t4-,5-,6-,7-,8+,9-,10+,11-,12+;;;;;;/m1....../s1. The van der Waals surface area contributed by atoms with Gasteiger partial charge in [-0.2, -0.15) is 0 Å². The van der Waals surface area contributed by atoms with E-state index >= 15 is 0 Å².